The number of nitrogens with zero attached hydrogens (tertiary/aromatic N) is 3. The third-order valence-electron chi connectivity index (χ3n) is 4.95. The fraction of sp³-hybridized carbons (Fsp3) is 0.474. The highest BCUT2D eigenvalue weighted by Crippen LogP contribution is 2.24. The summed E-state index contributed by atoms with van der Waals surface area (Å²) >= 11 is 7.15. The molecule has 1 fully saturated rings. The summed E-state index contributed by atoms with van der Waals surface area (Å²) in [6.45, 7) is 2.13. The molecule has 2 aromatic rings. The third kappa shape index (κ3) is 5.26. The van der Waals surface area contributed by atoms with Gasteiger partial charge in [0.05, 0.1) is 5.75 Å². The number of thioether (sulfide) groups is 1. The minimum Gasteiger partial charge on any atom is -0.335 e. The Balaban J connectivity index is 1.50. The van der Waals surface area contributed by atoms with E-state index in [1.807, 2.05) is 23.7 Å². The average molecular weight is 422 g/mol. The van der Waals surface area contributed by atoms with E-state index in [4.69, 9.17) is 11.6 Å². The molecule has 3 rings (SSSR count). The van der Waals surface area contributed by atoms with Gasteiger partial charge in [0, 0.05) is 23.7 Å². The van der Waals surface area contributed by atoms with Crippen LogP contribution in [0.3, 0.4) is 0 Å². The first-order valence-corrected chi connectivity index (χ1v) is 10.7. The Labute approximate surface area is 173 Å². The average Bonchev–Trinajstić information content (AvgIpc) is 3.03. The lowest BCUT2D eigenvalue weighted by Crippen LogP contribution is -2.48. The summed E-state index contributed by atoms with van der Waals surface area (Å²) in [5.74, 6) is 0.847. The number of carbonyl (C=O) groups excluding carboxylic acids is 2. The maximum absolute atomic E-state index is 12.1. The molecule has 0 radical (unpaired) electrons. The summed E-state index contributed by atoms with van der Waals surface area (Å²) in [6.07, 6.45) is 4.38. The fourth-order valence-electron chi connectivity index (χ4n) is 3.32. The summed E-state index contributed by atoms with van der Waals surface area (Å²) in [4.78, 5) is 24.2. The molecule has 1 saturated carbocycles. The molecule has 1 aliphatic rings. The van der Waals surface area contributed by atoms with Crippen molar-refractivity contribution < 1.29 is 9.59 Å². The molecule has 7 nitrogen and oxygen atoms in total. The van der Waals surface area contributed by atoms with Crippen LogP contribution in [0.15, 0.2) is 29.4 Å². The number of carbonyl (C=O) groups is 2. The van der Waals surface area contributed by atoms with Gasteiger partial charge in [-0.1, -0.05) is 43.1 Å². The maximum atomic E-state index is 12.1. The highest BCUT2D eigenvalue weighted by atomic mass is 35.5. The number of rotatable bonds is 5. The van der Waals surface area contributed by atoms with E-state index in [2.05, 4.69) is 27.8 Å². The molecule has 1 heterocycles. The first kappa shape index (κ1) is 20.7. The van der Waals surface area contributed by atoms with Crippen molar-refractivity contribution in [2.24, 2.45) is 13.0 Å². The van der Waals surface area contributed by atoms with Gasteiger partial charge in [-0.15, -0.1) is 10.2 Å². The van der Waals surface area contributed by atoms with Crippen LogP contribution in [-0.4, -0.2) is 38.5 Å². The monoisotopic (exact) mass is 421 g/mol. The van der Waals surface area contributed by atoms with Crippen LogP contribution in [0, 0.1) is 5.92 Å². The Hall–Kier alpha value is -2.06. The Bertz CT molecular complexity index is 839. The summed E-state index contributed by atoms with van der Waals surface area (Å²) in [6, 6.07) is 7.02. The van der Waals surface area contributed by atoms with Gasteiger partial charge in [0.15, 0.2) is 11.0 Å². The number of benzene rings is 1. The molecule has 3 amide bonds. The van der Waals surface area contributed by atoms with E-state index in [-0.39, 0.29) is 17.7 Å². The second-order valence-corrected chi connectivity index (χ2v) is 8.43. The van der Waals surface area contributed by atoms with Crippen LogP contribution in [-0.2, 0) is 11.8 Å². The van der Waals surface area contributed by atoms with Gasteiger partial charge >= 0.3 is 6.03 Å². The second-order valence-electron chi connectivity index (χ2n) is 7.05. The first-order valence-electron chi connectivity index (χ1n) is 9.32. The maximum Gasteiger partial charge on any atom is 0.321 e. The van der Waals surface area contributed by atoms with Gasteiger partial charge in [-0.2, -0.15) is 0 Å². The number of urea groups is 1. The predicted octanol–water partition coefficient (Wildman–Crippen LogP) is 3.63. The van der Waals surface area contributed by atoms with E-state index in [9.17, 15) is 9.59 Å². The molecule has 9 heteroatoms. The van der Waals surface area contributed by atoms with Crippen molar-refractivity contribution >= 4 is 35.3 Å². The van der Waals surface area contributed by atoms with Gasteiger partial charge in [0.25, 0.3) is 0 Å². The molecule has 150 valence electrons. The van der Waals surface area contributed by atoms with E-state index in [1.165, 1.54) is 18.2 Å². The molecule has 1 aromatic carbocycles. The van der Waals surface area contributed by atoms with Crippen LogP contribution in [0.5, 0.6) is 0 Å². The van der Waals surface area contributed by atoms with E-state index < -0.39 is 6.03 Å². The topological polar surface area (TPSA) is 88.9 Å². The number of hydrogen-bond acceptors (Lipinski definition) is 5. The SMILES string of the molecule is CC1CCCCC1NC(=O)NC(=O)CSc1nnc(-c2ccc(Cl)cc2)n1C. The van der Waals surface area contributed by atoms with Gasteiger partial charge in [0.2, 0.25) is 5.91 Å². The molecular weight excluding hydrogens is 398 g/mol. The minimum absolute atomic E-state index is 0.0836. The highest BCUT2D eigenvalue weighted by Gasteiger charge is 2.23. The van der Waals surface area contributed by atoms with E-state index >= 15 is 0 Å². The molecule has 1 aliphatic carbocycles. The van der Waals surface area contributed by atoms with Crippen molar-refractivity contribution in [3.05, 3.63) is 29.3 Å². The highest BCUT2D eigenvalue weighted by molar-refractivity contribution is 7.99. The Morgan fingerprint density at radius 2 is 1.93 bits per heavy atom. The number of halogens is 1. The summed E-state index contributed by atoms with van der Waals surface area (Å²) in [7, 11) is 1.83. The first-order chi connectivity index (χ1) is 13.4. The van der Waals surface area contributed by atoms with Crippen molar-refractivity contribution in [3.8, 4) is 11.4 Å². The van der Waals surface area contributed by atoms with Crippen LogP contribution < -0.4 is 10.6 Å². The standard InChI is InChI=1S/C19H24ClN5O2S/c1-12-5-3-4-6-15(12)21-18(27)22-16(26)11-28-19-24-23-17(25(19)2)13-7-9-14(20)10-8-13/h7-10,12,15H,3-6,11H2,1-2H3,(H2,21,22,26,27). The van der Waals surface area contributed by atoms with Gasteiger partial charge < -0.3 is 9.88 Å². The fourth-order valence-corrected chi connectivity index (χ4v) is 4.16. The van der Waals surface area contributed by atoms with Gasteiger partial charge in [-0.05, 0) is 43.0 Å². The number of hydrogen-bond donors (Lipinski definition) is 2. The summed E-state index contributed by atoms with van der Waals surface area (Å²) < 4.78 is 1.81. The lowest BCUT2D eigenvalue weighted by atomic mass is 9.86. The van der Waals surface area contributed by atoms with Gasteiger partial charge in [0.1, 0.15) is 0 Å². The predicted molar refractivity (Wildman–Crippen MR) is 110 cm³/mol. The summed E-state index contributed by atoms with van der Waals surface area (Å²) in [5, 5.41) is 14.9. The lowest BCUT2D eigenvalue weighted by Gasteiger charge is -2.29. The molecule has 1 aromatic heterocycles. The smallest absolute Gasteiger partial charge is 0.321 e. The second kappa shape index (κ2) is 9.43. The largest absolute Gasteiger partial charge is 0.335 e. The minimum atomic E-state index is -0.427. The number of aromatic nitrogens is 3. The molecule has 28 heavy (non-hydrogen) atoms. The van der Waals surface area contributed by atoms with E-state index in [0.717, 1.165) is 24.8 Å². The summed E-state index contributed by atoms with van der Waals surface area (Å²) in [5.41, 5.74) is 0.886. The molecule has 0 saturated heterocycles. The van der Waals surface area contributed by atoms with Gasteiger partial charge in [-0.3, -0.25) is 10.1 Å². The molecule has 0 aliphatic heterocycles. The Morgan fingerprint density at radius 1 is 1.21 bits per heavy atom. The lowest BCUT2D eigenvalue weighted by molar-refractivity contribution is -0.117. The molecule has 0 spiro atoms. The zero-order valence-corrected chi connectivity index (χ0v) is 17.5. The number of imide groups is 1. The van der Waals surface area contributed by atoms with Crippen LogP contribution >= 0.6 is 23.4 Å². The number of amides is 3. The molecule has 2 unspecified atom stereocenters. The Kier molecular flexibility index (Phi) is 6.96. The molecule has 2 N–H and O–H groups in total. The molecule has 0 bridgehead atoms. The third-order valence-corrected chi connectivity index (χ3v) is 6.22. The van der Waals surface area contributed by atoms with E-state index in [0.29, 0.717) is 21.9 Å². The normalized spacial score (nSPS) is 19.2. The Morgan fingerprint density at radius 3 is 2.64 bits per heavy atom. The van der Waals surface area contributed by atoms with E-state index in [1.54, 1.807) is 12.1 Å². The number of nitrogens with one attached hydrogen (secondary N) is 2. The van der Waals surface area contributed by atoms with Crippen LogP contribution in [0.1, 0.15) is 32.6 Å². The van der Waals surface area contributed by atoms with Crippen molar-refractivity contribution in [2.75, 3.05) is 5.75 Å². The quantitative estimate of drug-likeness (QED) is 0.719. The molecule has 2 atom stereocenters. The van der Waals surface area contributed by atoms with Crippen molar-refractivity contribution in [2.45, 2.75) is 43.8 Å². The van der Waals surface area contributed by atoms with Crippen LogP contribution in [0.25, 0.3) is 11.4 Å². The van der Waals surface area contributed by atoms with Crippen LogP contribution in [0.4, 0.5) is 4.79 Å². The zero-order valence-electron chi connectivity index (χ0n) is 15.9. The van der Waals surface area contributed by atoms with Crippen molar-refractivity contribution in [1.29, 1.82) is 0 Å². The van der Waals surface area contributed by atoms with Crippen molar-refractivity contribution in [3.63, 3.8) is 0 Å². The van der Waals surface area contributed by atoms with Gasteiger partial charge in [-0.25, -0.2) is 4.79 Å². The molecular formula is C19H24ClN5O2S. The van der Waals surface area contributed by atoms with Crippen molar-refractivity contribution in [1.82, 2.24) is 25.4 Å². The zero-order chi connectivity index (χ0) is 20.1. The van der Waals surface area contributed by atoms with Crippen LogP contribution in [0.2, 0.25) is 5.02 Å².